The van der Waals surface area contributed by atoms with Crippen LogP contribution in [0.25, 0.3) is 76.7 Å². The fourth-order valence-electron chi connectivity index (χ4n) is 12.2. The summed E-state index contributed by atoms with van der Waals surface area (Å²) < 4.78 is 1.38. The molecule has 14 rings (SSSR count). The lowest BCUT2D eigenvalue weighted by Gasteiger charge is -2.36. The Hall–Kier alpha value is -6.68. The number of fused-ring (bicyclic) bond motifs is 17. The molecule has 0 N–H and O–H groups in total. The summed E-state index contributed by atoms with van der Waals surface area (Å²) in [5.74, 6) is 0.0422. The molecular formula is C59H42N2S. The van der Waals surface area contributed by atoms with Gasteiger partial charge in [0.25, 0.3) is 0 Å². The Bertz CT molecular complexity index is 3550. The Morgan fingerprint density at radius 1 is 0.565 bits per heavy atom. The molecule has 0 aliphatic heterocycles. The Labute approximate surface area is 365 Å². The molecule has 8 aromatic rings. The summed E-state index contributed by atoms with van der Waals surface area (Å²) in [6, 6.07) is 41.3. The van der Waals surface area contributed by atoms with E-state index in [1.54, 1.807) is 11.1 Å². The number of benzene rings is 6. The van der Waals surface area contributed by atoms with E-state index in [1.807, 2.05) is 11.3 Å². The second kappa shape index (κ2) is 13.2. The molecule has 294 valence electrons. The van der Waals surface area contributed by atoms with Crippen LogP contribution in [0, 0.1) is 0 Å². The van der Waals surface area contributed by atoms with Crippen LogP contribution < -0.4 is 0 Å². The highest BCUT2D eigenvalue weighted by atomic mass is 32.1. The van der Waals surface area contributed by atoms with Gasteiger partial charge >= 0.3 is 0 Å². The van der Waals surface area contributed by atoms with Crippen molar-refractivity contribution in [2.45, 2.75) is 56.3 Å². The van der Waals surface area contributed by atoms with E-state index in [0.29, 0.717) is 0 Å². The van der Waals surface area contributed by atoms with Crippen LogP contribution in [0.4, 0.5) is 0 Å². The first kappa shape index (κ1) is 35.0. The summed E-state index contributed by atoms with van der Waals surface area (Å²) in [6.07, 6.45) is 28.7. The van der Waals surface area contributed by atoms with Crippen molar-refractivity contribution in [3.8, 4) is 11.3 Å². The van der Waals surface area contributed by atoms with E-state index in [9.17, 15) is 0 Å². The minimum atomic E-state index is -0.273. The highest BCUT2D eigenvalue weighted by Crippen LogP contribution is 2.64. The SMILES string of the molecule is C1=CC(c2nc3c4ccccc4c4ccccc4c3nc2-c2ccc3c(c2)C2(C4=C(C=CCC4)c4ccccc42)C2=C3C=CCC2)CC(c2ccc3sc4c(c3c2)C=CCC4)=C1. The van der Waals surface area contributed by atoms with Gasteiger partial charge in [0.05, 0.1) is 27.8 Å². The zero-order valence-corrected chi connectivity index (χ0v) is 35.2. The van der Waals surface area contributed by atoms with Crippen LogP contribution in [0.2, 0.25) is 0 Å². The van der Waals surface area contributed by atoms with E-state index in [2.05, 4.69) is 164 Å². The van der Waals surface area contributed by atoms with Gasteiger partial charge in [-0.2, -0.15) is 0 Å². The van der Waals surface area contributed by atoms with Gasteiger partial charge in [-0.1, -0.05) is 146 Å². The molecule has 0 radical (unpaired) electrons. The summed E-state index contributed by atoms with van der Waals surface area (Å²) in [6.45, 7) is 0. The molecular weight excluding hydrogens is 769 g/mol. The van der Waals surface area contributed by atoms with Crippen LogP contribution in [-0.4, -0.2) is 9.97 Å². The number of hydrogen-bond donors (Lipinski definition) is 0. The number of nitrogens with zero attached hydrogens (tertiary/aromatic N) is 2. The number of aryl methyl sites for hydroxylation is 1. The predicted molar refractivity (Wildman–Crippen MR) is 261 cm³/mol. The van der Waals surface area contributed by atoms with E-state index in [4.69, 9.17) is 9.97 Å². The van der Waals surface area contributed by atoms with Gasteiger partial charge in [-0.15, -0.1) is 11.3 Å². The van der Waals surface area contributed by atoms with Crippen LogP contribution in [0.15, 0.2) is 169 Å². The van der Waals surface area contributed by atoms with Crippen molar-refractivity contribution in [3.05, 3.63) is 213 Å². The lowest BCUT2D eigenvalue weighted by molar-refractivity contribution is 0.661. The van der Waals surface area contributed by atoms with Crippen molar-refractivity contribution in [2.24, 2.45) is 0 Å². The summed E-state index contributed by atoms with van der Waals surface area (Å²) in [7, 11) is 0. The van der Waals surface area contributed by atoms with Crippen molar-refractivity contribution in [1.29, 1.82) is 0 Å². The summed E-state index contributed by atoms with van der Waals surface area (Å²) >= 11 is 1.96. The lowest BCUT2D eigenvalue weighted by atomic mass is 9.65. The topological polar surface area (TPSA) is 25.8 Å². The molecule has 2 aromatic heterocycles. The summed E-state index contributed by atoms with van der Waals surface area (Å²) in [5, 5.41) is 6.13. The van der Waals surface area contributed by atoms with Gasteiger partial charge in [0.1, 0.15) is 0 Å². The van der Waals surface area contributed by atoms with Gasteiger partial charge in [0.15, 0.2) is 0 Å². The first-order valence-corrected chi connectivity index (χ1v) is 23.3. The monoisotopic (exact) mass is 810 g/mol. The van der Waals surface area contributed by atoms with Crippen molar-refractivity contribution < 1.29 is 0 Å². The number of thiophene rings is 1. The molecule has 0 amide bonds. The Morgan fingerprint density at radius 2 is 1.23 bits per heavy atom. The third-order valence-electron chi connectivity index (χ3n) is 14.9. The minimum Gasteiger partial charge on any atom is -0.248 e. The Morgan fingerprint density at radius 3 is 2.02 bits per heavy atom. The zero-order chi connectivity index (χ0) is 40.5. The van der Waals surface area contributed by atoms with Gasteiger partial charge in [0.2, 0.25) is 0 Å². The second-order valence-corrected chi connectivity index (χ2v) is 19.1. The molecule has 2 heterocycles. The lowest BCUT2D eigenvalue weighted by Crippen LogP contribution is -2.29. The van der Waals surface area contributed by atoms with Gasteiger partial charge < -0.3 is 0 Å². The van der Waals surface area contributed by atoms with Crippen molar-refractivity contribution in [3.63, 3.8) is 0 Å². The van der Waals surface area contributed by atoms with Crippen molar-refractivity contribution in [2.75, 3.05) is 0 Å². The number of hydrogen-bond acceptors (Lipinski definition) is 3. The van der Waals surface area contributed by atoms with Gasteiger partial charge in [-0.05, 0) is 135 Å². The third-order valence-corrected chi connectivity index (χ3v) is 16.1. The molecule has 0 saturated carbocycles. The first-order chi connectivity index (χ1) is 30.7. The highest BCUT2D eigenvalue weighted by molar-refractivity contribution is 7.19. The second-order valence-electron chi connectivity index (χ2n) is 17.9. The van der Waals surface area contributed by atoms with Crippen LogP contribution in [0.1, 0.15) is 88.4 Å². The Kier molecular flexibility index (Phi) is 7.42. The molecule has 6 aliphatic rings. The average Bonchev–Trinajstić information content (AvgIpc) is 3.97. The molecule has 1 spiro atoms. The molecule has 0 bridgehead atoms. The fraction of sp³-hybridized carbons (Fsp3) is 0.153. The molecule has 0 saturated heterocycles. The van der Waals surface area contributed by atoms with Crippen LogP contribution in [-0.2, 0) is 11.8 Å². The number of rotatable bonds is 3. The fourth-order valence-corrected chi connectivity index (χ4v) is 13.4. The summed E-state index contributed by atoms with van der Waals surface area (Å²) in [4.78, 5) is 13.2. The molecule has 6 aliphatic carbocycles. The standard InChI is InChI=1S/C59H42N2S/c1-3-22-46-39(16-1)40-17-2-4-23-47(40)58-57(46)60-55(37-15-13-14-35(32-37)36-29-31-54-48(33-36)45-21-8-12-27-53(45)62-54)56(61-58)38-28-30-44-43-20-7-11-26-51(43)59(52(44)34-38)49-24-9-5-18-41(49)42-19-6-10-25-50(42)59/h1-9,13-24,28-31,33-34,37H,10-12,25-27,32H2. The van der Waals surface area contributed by atoms with E-state index in [0.717, 1.165) is 83.7 Å². The van der Waals surface area contributed by atoms with Gasteiger partial charge in [-0.3, -0.25) is 0 Å². The third kappa shape index (κ3) is 4.75. The average molecular weight is 811 g/mol. The number of allylic oxidation sites excluding steroid dienone is 13. The smallest absolute Gasteiger partial charge is 0.0979 e. The van der Waals surface area contributed by atoms with Crippen molar-refractivity contribution >= 4 is 76.8 Å². The predicted octanol–water partition coefficient (Wildman–Crippen LogP) is 15.4. The molecule has 2 nitrogen and oxygen atoms in total. The molecule has 2 unspecified atom stereocenters. The minimum absolute atomic E-state index is 0.0422. The maximum absolute atomic E-state index is 5.86. The van der Waals surface area contributed by atoms with Crippen LogP contribution in [0.5, 0.6) is 0 Å². The normalized spacial score (nSPS) is 20.7. The largest absolute Gasteiger partial charge is 0.248 e. The Balaban J connectivity index is 0.998. The van der Waals surface area contributed by atoms with Crippen LogP contribution >= 0.6 is 11.3 Å². The maximum Gasteiger partial charge on any atom is 0.0979 e. The highest BCUT2D eigenvalue weighted by Gasteiger charge is 2.53. The van der Waals surface area contributed by atoms with Gasteiger partial charge in [0, 0.05) is 37.2 Å². The summed E-state index contributed by atoms with van der Waals surface area (Å²) in [5.41, 5.74) is 20.6. The van der Waals surface area contributed by atoms with E-state index in [1.165, 1.54) is 75.8 Å². The van der Waals surface area contributed by atoms with E-state index in [-0.39, 0.29) is 11.3 Å². The van der Waals surface area contributed by atoms with E-state index < -0.39 is 0 Å². The zero-order valence-electron chi connectivity index (χ0n) is 34.4. The van der Waals surface area contributed by atoms with Crippen molar-refractivity contribution in [1.82, 2.24) is 9.97 Å². The molecule has 0 fully saturated rings. The van der Waals surface area contributed by atoms with Gasteiger partial charge in [-0.25, -0.2) is 9.97 Å². The molecule has 62 heavy (non-hydrogen) atoms. The number of aromatic nitrogens is 2. The molecule has 6 aromatic carbocycles. The molecule has 2 atom stereocenters. The molecule has 3 heteroatoms. The quantitative estimate of drug-likeness (QED) is 0.166. The van der Waals surface area contributed by atoms with E-state index >= 15 is 0 Å². The first-order valence-electron chi connectivity index (χ1n) is 22.5. The maximum atomic E-state index is 5.86. The van der Waals surface area contributed by atoms with Crippen LogP contribution in [0.3, 0.4) is 0 Å².